The summed E-state index contributed by atoms with van der Waals surface area (Å²) in [5.41, 5.74) is 1.24. The number of phenols is 1. The van der Waals surface area contributed by atoms with Gasteiger partial charge in [-0.3, -0.25) is 4.79 Å². The molecule has 0 saturated heterocycles. The average molecular weight is 249 g/mol. The molecule has 1 aromatic rings. The van der Waals surface area contributed by atoms with Gasteiger partial charge in [-0.2, -0.15) is 0 Å². The van der Waals surface area contributed by atoms with Crippen molar-refractivity contribution in [2.24, 2.45) is 5.92 Å². The SMILES string of the molecule is CN(C)Cc1cc(C=O)c(OCC2CC2)cc1O. The second-order valence-corrected chi connectivity index (χ2v) is 5.13. The number of nitrogens with zero attached hydrogens (tertiary/aromatic N) is 1. The van der Waals surface area contributed by atoms with E-state index in [0.717, 1.165) is 11.8 Å². The minimum atomic E-state index is 0.181. The maximum atomic E-state index is 11.1. The molecule has 0 spiro atoms. The molecule has 0 aliphatic heterocycles. The van der Waals surface area contributed by atoms with Crippen LogP contribution in [0, 0.1) is 5.92 Å². The van der Waals surface area contributed by atoms with Crippen molar-refractivity contribution in [2.45, 2.75) is 19.4 Å². The van der Waals surface area contributed by atoms with Gasteiger partial charge in [0.25, 0.3) is 0 Å². The summed E-state index contributed by atoms with van der Waals surface area (Å²) in [7, 11) is 3.83. The quantitative estimate of drug-likeness (QED) is 0.784. The number of benzene rings is 1. The van der Waals surface area contributed by atoms with Gasteiger partial charge in [0.2, 0.25) is 0 Å². The molecule has 2 rings (SSSR count). The van der Waals surface area contributed by atoms with Crippen molar-refractivity contribution in [3.05, 3.63) is 23.3 Å². The molecule has 98 valence electrons. The molecule has 1 saturated carbocycles. The van der Waals surface area contributed by atoms with E-state index in [1.165, 1.54) is 12.8 Å². The van der Waals surface area contributed by atoms with E-state index in [4.69, 9.17) is 4.74 Å². The first-order valence-electron chi connectivity index (χ1n) is 6.18. The van der Waals surface area contributed by atoms with Crippen LogP contribution in [0.5, 0.6) is 11.5 Å². The Hall–Kier alpha value is -1.55. The Morgan fingerprint density at radius 3 is 2.72 bits per heavy atom. The lowest BCUT2D eigenvalue weighted by atomic mass is 10.1. The van der Waals surface area contributed by atoms with Gasteiger partial charge in [0, 0.05) is 18.2 Å². The zero-order chi connectivity index (χ0) is 13.1. The van der Waals surface area contributed by atoms with Crippen molar-refractivity contribution in [3.8, 4) is 11.5 Å². The van der Waals surface area contributed by atoms with Gasteiger partial charge in [0.05, 0.1) is 12.2 Å². The molecular weight excluding hydrogens is 230 g/mol. The Morgan fingerprint density at radius 2 is 2.17 bits per heavy atom. The number of phenolic OH excluding ortho intramolecular Hbond substituents is 1. The smallest absolute Gasteiger partial charge is 0.153 e. The summed E-state index contributed by atoms with van der Waals surface area (Å²) in [5.74, 6) is 1.28. The van der Waals surface area contributed by atoms with Gasteiger partial charge >= 0.3 is 0 Å². The van der Waals surface area contributed by atoms with E-state index >= 15 is 0 Å². The molecule has 1 fully saturated rings. The van der Waals surface area contributed by atoms with Gasteiger partial charge < -0.3 is 14.7 Å². The number of aldehydes is 1. The van der Waals surface area contributed by atoms with E-state index in [0.29, 0.717) is 30.4 Å². The second-order valence-electron chi connectivity index (χ2n) is 5.13. The third kappa shape index (κ3) is 3.23. The first-order valence-corrected chi connectivity index (χ1v) is 6.18. The van der Waals surface area contributed by atoms with Gasteiger partial charge in [-0.05, 0) is 38.9 Å². The van der Waals surface area contributed by atoms with Crippen molar-refractivity contribution in [3.63, 3.8) is 0 Å². The highest BCUT2D eigenvalue weighted by Gasteiger charge is 2.22. The fourth-order valence-corrected chi connectivity index (χ4v) is 1.81. The predicted molar refractivity (Wildman–Crippen MR) is 69.1 cm³/mol. The number of hydrogen-bond donors (Lipinski definition) is 1. The maximum absolute atomic E-state index is 11.1. The minimum absolute atomic E-state index is 0.181. The zero-order valence-electron chi connectivity index (χ0n) is 10.8. The lowest BCUT2D eigenvalue weighted by Crippen LogP contribution is -2.11. The van der Waals surface area contributed by atoms with Crippen LogP contribution in [0.2, 0.25) is 0 Å². The average Bonchev–Trinajstić information content (AvgIpc) is 3.12. The van der Waals surface area contributed by atoms with Crippen LogP contribution in [-0.4, -0.2) is 37.0 Å². The van der Waals surface area contributed by atoms with E-state index < -0.39 is 0 Å². The van der Waals surface area contributed by atoms with Crippen molar-refractivity contribution >= 4 is 6.29 Å². The van der Waals surface area contributed by atoms with Gasteiger partial charge in [-0.1, -0.05) is 0 Å². The van der Waals surface area contributed by atoms with E-state index in [1.54, 1.807) is 12.1 Å². The fraction of sp³-hybridized carbons (Fsp3) is 0.500. The highest BCUT2D eigenvalue weighted by Crippen LogP contribution is 2.32. The largest absolute Gasteiger partial charge is 0.507 e. The van der Waals surface area contributed by atoms with Crippen molar-refractivity contribution in [1.29, 1.82) is 0 Å². The summed E-state index contributed by atoms with van der Waals surface area (Å²) in [6.45, 7) is 1.23. The van der Waals surface area contributed by atoms with E-state index in [2.05, 4.69) is 0 Å². The maximum Gasteiger partial charge on any atom is 0.153 e. The Balaban J connectivity index is 2.17. The van der Waals surface area contributed by atoms with Crippen LogP contribution in [0.25, 0.3) is 0 Å². The van der Waals surface area contributed by atoms with Crippen LogP contribution in [0.3, 0.4) is 0 Å². The number of carbonyl (C=O) groups is 1. The number of hydrogen-bond acceptors (Lipinski definition) is 4. The first kappa shape index (κ1) is 12.9. The standard InChI is InChI=1S/C14H19NO3/c1-15(2)7-11-5-12(8-16)14(6-13(11)17)18-9-10-3-4-10/h5-6,8,10,17H,3-4,7,9H2,1-2H3. The first-order chi connectivity index (χ1) is 8.60. The summed E-state index contributed by atoms with van der Waals surface area (Å²) in [4.78, 5) is 13.0. The molecule has 1 N–H and O–H groups in total. The van der Waals surface area contributed by atoms with Crippen LogP contribution in [-0.2, 0) is 6.54 Å². The molecule has 0 heterocycles. The lowest BCUT2D eigenvalue weighted by molar-refractivity contribution is 0.111. The van der Waals surface area contributed by atoms with Gasteiger partial charge in [0.1, 0.15) is 11.5 Å². The molecule has 4 heteroatoms. The Morgan fingerprint density at radius 1 is 1.44 bits per heavy atom. The van der Waals surface area contributed by atoms with Crippen LogP contribution in [0.4, 0.5) is 0 Å². The summed E-state index contributed by atoms with van der Waals surface area (Å²) < 4.78 is 5.59. The monoisotopic (exact) mass is 249 g/mol. The summed E-state index contributed by atoms with van der Waals surface area (Å²) in [5, 5.41) is 9.92. The van der Waals surface area contributed by atoms with Gasteiger partial charge in [0.15, 0.2) is 6.29 Å². The molecule has 0 aromatic heterocycles. The summed E-state index contributed by atoms with van der Waals surface area (Å²) in [6, 6.07) is 3.25. The summed E-state index contributed by atoms with van der Waals surface area (Å²) >= 11 is 0. The van der Waals surface area contributed by atoms with E-state index in [9.17, 15) is 9.90 Å². The van der Waals surface area contributed by atoms with E-state index in [-0.39, 0.29) is 5.75 Å². The van der Waals surface area contributed by atoms with Crippen LogP contribution in [0.15, 0.2) is 12.1 Å². The molecule has 0 unspecified atom stereocenters. The van der Waals surface area contributed by atoms with Crippen LogP contribution in [0.1, 0.15) is 28.8 Å². The second kappa shape index (κ2) is 5.40. The van der Waals surface area contributed by atoms with Crippen LogP contribution < -0.4 is 4.74 Å². The van der Waals surface area contributed by atoms with E-state index in [1.807, 2.05) is 19.0 Å². The predicted octanol–water partition coefficient (Wildman–Crippen LogP) is 2.06. The van der Waals surface area contributed by atoms with Crippen LogP contribution >= 0.6 is 0 Å². The number of aromatic hydroxyl groups is 1. The molecule has 1 aliphatic rings. The zero-order valence-corrected chi connectivity index (χ0v) is 10.8. The normalized spacial score (nSPS) is 14.8. The van der Waals surface area contributed by atoms with Gasteiger partial charge in [-0.25, -0.2) is 0 Å². The number of carbonyl (C=O) groups excluding carboxylic acids is 1. The molecule has 4 nitrogen and oxygen atoms in total. The molecular formula is C14H19NO3. The molecule has 0 amide bonds. The summed E-state index contributed by atoms with van der Waals surface area (Å²) in [6.07, 6.45) is 3.17. The topological polar surface area (TPSA) is 49.8 Å². The third-order valence-corrected chi connectivity index (χ3v) is 3.00. The minimum Gasteiger partial charge on any atom is -0.507 e. The highest BCUT2D eigenvalue weighted by atomic mass is 16.5. The van der Waals surface area contributed by atoms with Crippen molar-refractivity contribution in [1.82, 2.24) is 4.90 Å². The Kier molecular flexibility index (Phi) is 3.87. The molecule has 1 aliphatic carbocycles. The number of ether oxygens (including phenoxy) is 1. The Bertz CT molecular complexity index is 439. The Labute approximate surface area is 107 Å². The molecule has 0 radical (unpaired) electrons. The molecule has 18 heavy (non-hydrogen) atoms. The van der Waals surface area contributed by atoms with Gasteiger partial charge in [-0.15, -0.1) is 0 Å². The molecule has 1 aromatic carbocycles. The molecule has 0 atom stereocenters. The molecule has 0 bridgehead atoms. The number of rotatable bonds is 6. The van der Waals surface area contributed by atoms with Crippen molar-refractivity contribution in [2.75, 3.05) is 20.7 Å². The third-order valence-electron chi connectivity index (χ3n) is 3.00. The highest BCUT2D eigenvalue weighted by molar-refractivity contribution is 5.80. The fourth-order valence-electron chi connectivity index (χ4n) is 1.81. The van der Waals surface area contributed by atoms with Crippen molar-refractivity contribution < 1.29 is 14.6 Å². The lowest BCUT2D eigenvalue weighted by Gasteiger charge is -2.14.